The minimum absolute atomic E-state index is 0.128. The zero-order valence-electron chi connectivity index (χ0n) is 11.8. The number of carbonyl (C=O) groups is 1. The number of nitrogens with one attached hydrogen (secondary N) is 1. The third-order valence-electron chi connectivity index (χ3n) is 3.61. The Bertz CT molecular complexity index is 834. The van der Waals surface area contributed by atoms with Crippen LogP contribution in [-0.4, -0.2) is 38.2 Å². The summed E-state index contributed by atoms with van der Waals surface area (Å²) < 4.78 is 33.7. The van der Waals surface area contributed by atoms with Crippen molar-refractivity contribution in [2.24, 2.45) is 0 Å². The number of hydrogen-bond acceptors (Lipinski definition) is 5. The Morgan fingerprint density at radius 2 is 2.18 bits per heavy atom. The molecule has 0 bridgehead atoms. The maximum absolute atomic E-state index is 12.5. The molecule has 0 aliphatic carbocycles. The van der Waals surface area contributed by atoms with Gasteiger partial charge in [0.1, 0.15) is 4.88 Å². The smallest absolute Gasteiger partial charge is 0.345 e. The second-order valence-electron chi connectivity index (χ2n) is 5.58. The van der Waals surface area contributed by atoms with Gasteiger partial charge in [-0.3, -0.25) is 0 Å². The van der Waals surface area contributed by atoms with Crippen molar-refractivity contribution in [3.05, 3.63) is 29.1 Å². The molecule has 1 aliphatic heterocycles. The lowest BCUT2D eigenvalue weighted by molar-refractivity contribution is 0.0702. The Kier molecular flexibility index (Phi) is 3.72. The lowest BCUT2D eigenvalue weighted by atomic mass is 10.0. The molecule has 1 atom stereocenters. The van der Waals surface area contributed by atoms with Crippen molar-refractivity contribution in [1.29, 1.82) is 0 Å². The molecule has 1 saturated heterocycles. The minimum atomic E-state index is -3.68. The average molecular weight is 341 g/mol. The normalized spacial score (nSPS) is 22.2. The van der Waals surface area contributed by atoms with Gasteiger partial charge in [-0.25, -0.2) is 17.9 Å². The lowest BCUT2D eigenvalue weighted by Crippen LogP contribution is -2.46. The van der Waals surface area contributed by atoms with Gasteiger partial charge >= 0.3 is 5.97 Å². The monoisotopic (exact) mass is 341 g/mol. The number of rotatable bonds is 4. The number of carboxylic acid groups (broad SMARTS) is 1. The van der Waals surface area contributed by atoms with Gasteiger partial charge in [-0.2, -0.15) is 0 Å². The molecule has 1 fully saturated rings. The average Bonchev–Trinajstić information content (AvgIpc) is 3.03. The number of sulfonamides is 1. The van der Waals surface area contributed by atoms with Crippen LogP contribution in [0, 0.1) is 0 Å². The van der Waals surface area contributed by atoms with Crippen LogP contribution in [0.25, 0.3) is 10.1 Å². The van der Waals surface area contributed by atoms with Crippen molar-refractivity contribution in [3.8, 4) is 0 Å². The SMILES string of the molecule is CC1(NS(=O)(=O)c2ccc3sc(C(=O)O)cc3c2)CCOC1. The zero-order valence-corrected chi connectivity index (χ0v) is 13.5. The van der Waals surface area contributed by atoms with E-state index in [9.17, 15) is 13.2 Å². The molecule has 2 heterocycles. The van der Waals surface area contributed by atoms with E-state index in [0.717, 1.165) is 16.0 Å². The van der Waals surface area contributed by atoms with Crippen LogP contribution in [0.3, 0.4) is 0 Å². The van der Waals surface area contributed by atoms with Crippen molar-refractivity contribution in [3.63, 3.8) is 0 Å². The molecular weight excluding hydrogens is 326 g/mol. The Balaban J connectivity index is 1.96. The number of thiophene rings is 1. The zero-order chi connectivity index (χ0) is 16.0. The molecule has 0 spiro atoms. The predicted molar refractivity (Wildman–Crippen MR) is 82.9 cm³/mol. The molecule has 2 aromatic rings. The fraction of sp³-hybridized carbons (Fsp3) is 0.357. The summed E-state index contributed by atoms with van der Waals surface area (Å²) in [7, 11) is -3.68. The largest absolute Gasteiger partial charge is 0.477 e. The highest BCUT2D eigenvalue weighted by Gasteiger charge is 2.34. The Morgan fingerprint density at radius 1 is 1.41 bits per heavy atom. The molecule has 22 heavy (non-hydrogen) atoms. The van der Waals surface area contributed by atoms with Crippen LogP contribution >= 0.6 is 11.3 Å². The van der Waals surface area contributed by atoms with Gasteiger partial charge in [0.25, 0.3) is 0 Å². The minimum Gasteiger partial charge on any atom is -0.477 e. The van der Waals surface area contributed by atoms with E-state index in [0.29, 0.717) is 25.0 Å². The highest BCUT2D eigenvalue weighted by atomic mass is 32.2. The standard InChI is InChI=1S/C14H15NO5S2/c1-14(4-5-20-8-14)15-22(18,19)10-2-3-11-9(6-10)7-12(21-11)13(16)17/h2-3,6-7,15H,4-5,8H2,1H3,(H,16,17). The molecule has 6 nitrogen and oxygen atoms in total. The van der Waals surface area contributed by atoms with Crippen molar-refractivity contribution in [1.82, 2.24) is 4.72 Å². The summed E-state index contributed by atoms with van der Waals surface area (Å²) in [5, 5.41) is 9.61. The van der Waals surface area contributed by atoms with Crippen molar-refractivity contribution >= 4 is 37.4 Å². The van der Waals surface area contributed by atoms with Crippen LogP contribution in [-0.2, 0) is 14.8 Å². The molecule has 8 heteroatoms. The second-order valence-corrected chi connectivity index (χ2v) is 8.35. The second kappa shape index (κ2) is 5.31. The summed E-state index contributed by atoms with van der Waals surface area (Å²) in [5.41, 5.74) is -0.603. The van der Waals surface area contributed by atoms with Crippen molar-refractivity contribution in [2.45, 2.75) is 23.8 Å². The molecule has 2 N–H and O–H groups in total. The fourth-order valence-electron chi connectivity index (χ4n) is 2.42. The van der Waals surface area contributed by atoms with Gasteiger partial charge in [0, 0.05) is 11.3 Å². The summed E-state index contributed by atoms with van der Waals surface area (Å²) in [6.45, 7) is 2.68. The van der Waals surface area contributed by atoms with E-state index in [2.05, 4.69) is 4.72 Å². The van der Waals surface area contributed by atoms with Crippen molar-refractivity contribution in [2.75, 3.05) is 13.2 Å². The molecule has 0 radical (unpaired) electrons. The van der Waals surface area contributed by atoms with Gasteiger partial charge in [-0.05, 0) is 43.0 Å². The number of ether oxygens (including phenoxy) is 1. The summed E-state index contributed by atoms with van der Waals surface area (Å²) in [6.07, 6.45) is 0.621. The van der Waals surface area contributed by atoms with E-state index >= 15 is 0 Å². The van der Waals surface area contributed by atoms with E-state index in [1.165, 1.54) is 18.2 Å². The summed E-state index contributed by atoms with van der Waals surface area (Å²) >= 11 is 1.12. The van der Waals surface area contributed by atoms with E-state index in [1.54, 1.807) is 6.07 Å². The fourth-order valence-corrected chi connectivity index (χ4v) is 4.76. The first-order chi connectivity index (χ1) is 10.3. The molecule has 1 aromatic carbocycles. The van der Waals surface area contributed by atoms with Gasteiger partial charge in [-0.1, -0.05) is 0 Å². The molecule has 1 aromatic heterocycles. The lowest BCUT2D eigenvalue weighted by Gasteiger charge is -2.23. The first-order valence-corrected chi connectivity index (χ1v) is 8.98. The Labute approximate surface area is 131 Å². The summed E-state index contributed by atoms with van der Waals surface area (Å²) in [4.78, 5) is 11.3. The highest BCUT2D eigenvalue weighted by molar-refractivity contribution is 7.89. The molecule has 118 valence electrons. The van der Waals surface area contributed by atoms with Crippen molar-refractivity contribution < 1.29 is 23.1 Å². The summed E-state index contributed by atoms with van der Waals surface area (Å²) in [6, 6.07) is 6.11. The van der Waals surface area contributed by atoms with Crippen LogP contribution in [0.5, 0.6) is 0 Å². The quantitative estimate of drug-likeness (QED) is 0.888. The van der Waals surface area contributed by atoms with Gasteiger partial charge in [0.05, 0.1) is 17.0 Å². The first-order valence-electron chi connectivity index (χ1n) is 6.68. The van der Waals surface area contributed by atoms with Crippen LogP contribution in [0.15, 0.2) is 29.2 Å². The number of benzene rings is 1. The topological polar surface area (TPSA) is 92.7 Å². The third kappa shape index (κ3) is 2.87. The van der Waals surface area contributed by atoms with Gasteiger partial charge in [0.2, 0.25) is 10.0 Å². The molecule has 1 aliphatic rings. The van der Waals surface area contributed by atoms with Crippen LogP contribution in [0.2, 0.25) is 0 Å². The van der Waals surface area contributed by atoms with Gasteiger partial charge in [0.15, 0.2) is 0 Å². The molecule has 3 rings (SSSR count). The number of hydrogen-bond donors (Lipinski definition) is 2. The van der Waals surface area contributed by atoms with Crippen LogP contribution in [0.4, 0.5) is 0 Å². The predicted octanol–water partition coefficient (Wildman–Crippen LogP) is 2.06. The number of carboxylic acids is 1. The summed E-state index contributed by atoms with van der Waals surface area (Å²) in [5.74, 6) is -1.01. The van der Waals surface area contributed by atoms with Gasteiger partial charge < -0.3 is 9.84 Å². The number of aromatic carboxylic acids is 1. The van der Waals surface area contributed by atoms with Gasteiger partial charge in [-0.15, -0.1) is 11.3 Å². The van der Waals surface area contributed by atoms with E-state index in [4.69, 9.17) is 9.84 Å². The molecule has 0 amide bonds. The molecule has 0 saturated carbocycles. The third-order valence-corrected chi connectivity index (χ3v) is 6.35. The molecule has 1 unspecified atom stereocenters. The first kappa shape index (κ1) is 15.4. The van der Waals surface area contributed by atoms with E-state index in [-0.39, 0.29) is 9.77 Å². The maximum atomic E-state index is 12.5. The van der Waals surface area contributed by atoms with E-state index in [1.807, 2.05) is 6.92 Å². The van der Waals surface area contributed by atoms with E-state index < -0.39 is 21.5 Å². The highest BCUT2D eigenvalue weighted by Crippen LogP contribution is 2.29. The van der Waals surface area contributed by atoms with Crippen LogP contribution in [0.1, 0.15) is 23.0 Å². The Morgan fingerprint density at radius 3 is 2.82 bits per heavy atom. The Hall–Kier alpha value is -1.48. The number of fused-ring (bicyclic) bond motifs is 1. The molecular formula is C14H15NO5S2. The maximum Gasteiger partial charge on any atom is 0.345 e. The van der Waals surface area contributed by atoms with Crippen LogP contribution < -0.4 is 4.72 Å².